The highest BCUT2D eigenvalue weighted by Crippen LogP contribution is 2.30. The van der Waals surface area contributed by atoms with Crippen molar-refractivity contribution in [2.75, 3.05) is 25.6 Å². The maximum absolute atomic E-state index is 14.2. The lowest BCUT2D eigenvalue weighted by Crippen LogP contribution is -2.46. The van der Waals surface area contributed by atoms with E-state index in [-0.39, 0.29) is 43.6 Å². The number of benzene rings is 3. The van der Waals surface area contributed by atoms with Gasteiger partial charge in [-0.15, -0.1) is 0 Å². The lowest BCUT2D eigenvalue weighted by molar-refractivity contribution is -0.129. The Morgan fingerprint density at radius 1 is 1.08 bits per heavy atom. The number of carbonyl (C=O) groups excluding carboxylic acids is 3. The molecule has 4 rings (SSSR count). The SMILES string of the molecule is CCOC(=O)c1ccc(N=C2S[C@@H](C(=O)Nc3ccc(OC)cc3)CC(=O)N2CCc2ccccc2F)cc1. The van der Waals surface area contributed by atoms with E-state index < -0.39 is 11.2 Å². The summed E-state index contributed by atoms with van der Waals surface area (Å²) in [4.78, 5) is 44.4. The number of aliphatic imine (C=N–C) groups is 1. The lowest BCUT2D eigenvalue weighted by Gasteiger charge is -2.32. The number of ether oxygens (including phenoxy) is 2. The minimum Gasteiger partial charge on any atom is -0.497 e. The number of halogens is 1. The predicted octanol–water partition coefficient (Wildman–Crippen LogP) is 5.21. The molecule has 10 heteroatoms. The maximum atomic E-state index is 14.2. The first-order chi connectivity index (χ1) is 18.9. The van der Waals surface area contributed by atoms with Gasteiger partial charge in [0.1, 0.15) is 16.8 Å². The van der Waals surface area contributed by atoms with Crippen molar-refractivity contribution in [3.8, 4) is 5.75 Å². The Hall–Kier alpha value is -4.18. The Balaban J connectivity index is 1.56. The lowest BCUT2D eigenvalue weighted by atomic mass is 10.1. The van der Waals surface area contributed by atoms with Crippen molar-refractivity contribution in [3.05, 3.63) is 89.7 Å². The number of carbonyl (C=O) groups is 3. The van der Waals surface area contributed by atoms with Gasteiger partial charge in [0.05, 0.1) is 25.0 Å². The van der Waals surface area contributed by atoms with Crippen LogP contribution in [0.5, 0.6) is 5.75 Å². The van der Waals surface area contributed by atoms with Crippen LogP contribution in [-0.4, -0.2) is 53.4 Å². The molecule has 8 nitrogen and oxygen atoms in total. The molecule has 3 aromatic rings. The number of amides is 2. The van der Waals surface area contributed by atoms with Gasteiger partial charge in [-0.05, 0) is 73.5 Å². The molecule has 1 saturated heterocycles. The van der Waals surface area contributed by atoms with Gasteiger partial charge in [-0.3, -0.25) is 14.5 Å². The van der Waals surface area contributed by atoms with E-state index in [1.165, 1.54) is 11.0 Å². The fourth-order valence-electron chi connectivity index (χ4n) is 3.89. The van der Waals surface area contributed by atoms with E-state index in [4.69, 9.17) is 9.47 Å². The third kappa shape index (κ3) is 7.23. The molecular weight excluding hydrogens is 521 g/mol. The van der Waals surface area contributed by atoms with Gasteiger partial charge in [-0.2, -0.15) is 0 Å². The van der Waals surface area contributed by atoms with Crippen molar-refractivity contribution in [2.45, 2.75) is 25.0 Å². The fourth-order valence-corrected chi connectivity index (χ4v) is 5.01. The third-order valence-corrected chi connectivity index (χ3v) is 7.14. The molecule has 39 heavy (non-hydrogen) atoms. The van der Waals surface area contributed by atoms with Crippen molar-refractivity contribution < 1.29 is 28.2 Å². The number of esters is 1. The molecule has 1 N–H and O–H groups in total. The summed E-state index contributed by atoms with van der Waals surface area (Å²) in [5.74, 6) is -0.760. The largest absolute Gasteiger partial charge is 0.497 e. The number of amidine groups is 1. The van der Waals surface area contributed by atoms with Gasteiger partial charge in [0, 0.05) is 18.7 Å². The summed E-state index contributed by atoms with van der Waals surface area (Å²) in [5.41, 5.74) is 1.92. The summed E-state index contributed by atoms with van der Waals surface area (Å²) in [6.07, 6.45) is 0.243. The topological polar surface area (TPSA) is 97.3 Å². The number of hydrogen-bond acceptors (Lipinski definition) is 7. The molecule has 0 spiro atoms. The third-order valence-electron chi connectivity index (χ3n) is 5.96. The van der Waals surface area contributed by atoms with Crippen molar-refractivity contribution in [1.82, 2.24) is 4.90 Å². The molecular formula is C29H28FN3O5S. The van der Waals surface area contributed by atoms with Crippen LogP contribution < -0.4 is 10.1 Å². The smallest absolute Gasteiger partial charge is 0.338 e. The van der Waals surface area contributed by atoms with Crippen LogP contribution in [0.15, 0.2) is 77.8 Å². The maximum Gasteiger partial charge on any atom is 0.338 e. The second-order valence-corrected chi connectivity index (χ2v) is 9.75. The molecule has 202 valence electrons. The number of hydrogen-bond donors (Lipinski definition) is 1. The van der Waals surface area contributed by atoms with Gasteiger partial charge in [0.15, 0.2) is 5.17 Å². The van der Waals surface area contributed by atoms with E-state index in [1.807, 2.05) is 0 Å². The molecule has 1 fully saturated rings. The minimum absolute atomic E-state index is 0.0370. The molecule has 0 radical (unpaired) electrons. The zero-order valence-electron chi connectivity index (χ0n) is 21.6. The van der Waals surface area contributed by atoms with E-state index >= 15 is 0 Å². The minimum atomic E-state index is -0.720. The summed E-state index contributed by atoms with van der Waals surface area (Å²) in [7, 11) is 1.56. The van der Waals surface area contributed by atoms with Crippen molar-refractivity contribution in [3.63, 3.8) is 0 Å². The average molecular weight is 550 g/mol. The highest BCUT2D eigenvalue weighted by atomic mass is 32.2. The molecule has 0 aromatic heterocycles. The molecule has 1 heterocycles. The van der Waals surface area contributed by atoms with E-state index in [9.17, 15) is 18.8 Å². The second kappa shape index (κ2) is 13.1. The van der Waals surface area contributed by atoms with Gasteiger partial charge < -0.3 is 14.8 Å². The van der Waals surface area contributed by atoms with Crippen LogP contribution in [0.1, 0.15) is 29.3 Å². The van der Waals surface area contributed by atoms with Gasteiger partial charge in [0.25, 0.3) is 0 Å². The number of anilines is 1. The van der Waals surface area contributed by atoms with Crippen molar-refractivity contribution in [2.24, 2.45) is 4.99 Å². The second-order valence-electron chi connectivity index (χ2n) is 8.58. The number of rotatable bonds is 9. The zero-order valence-corrected chi connectivity index (χ0v) is 22.4. The fraction of sp³-hybridized carbons (Fsp3) is 0.241. The Labute approximate surface area is 230 Å². The van der Waals surface area contributed by atoms with Crippen LogP contribution in [0.4, 0.5) is 15.8 Å². The van der Waals surface area contributed by atoms with Crippen LogP contribution in [0, 0.1) is 5.82 Å². The van der Waals surface area contributed by atoms with Crippen LogP contribution in [0.25, 0.3) is 0 Å². The van der Waals surface area contributed by atoms with E-state index in [0.29, 0.717) is 33.4 Å². The summed E-state index contributed by atoms with van der Waals surface area (Å²) in [5, 5.41) is 2.44. The Morgan fingerprint density at radius 3 is 2.46 bits per heavy atom. The highest BCUT2D eigenvalue weighted by Gasteiger charge is 2.36. The van der Waals surface area contributed by atoms with Gasteiger partial charge in [-0.25, -0.2) is 14.2 Å². The van der Waals surface area contributed by atoms with E-state index in [2.05, 4.69) is 10.3 Å². The number of nitrogens with one attached hydrogen (secondary N) is 1. The van der Waals surface area contributed by atoms with Crippen molar-refractivity contribution >= 4 is 46.1 Å². The Morgan fingerprint density at radius 2 is 1.79 bits per heavy atom. The predicted molar refractivity (Wildman–Crippen MR) is 149 cm³/mol. The molecule has 2 amide bonds. The van der Waals surface area contributed by atoms with Crippen LogP contribution in [-0.2, 0) is 20.7 Å². The van der Waals surface area contributed by atoms with Crippen molar-refractivity contribution in [1.29, 1.82) is 0 Å². The van der Waals surface area contributed by atoms with Crippen LogP contribution in [0.2, 0.25) is 0 Å². The summed E-state index contributed by atoms with van der Waals surface area (Å²) >= 11 is 1.16. The summed E-state index contributed by atoms with van der Waals surface area (Å²) in [6.45, 7) is 2.19. The van der Waals surface area contributed by atoms with Gasteiger partial charge in [-0.1, -0.05) is 30.0 Å². The number of nitrogens with zero attached hydrogens (tertiary/aromatic N) is 2. The van der Waals surface area contributed by atoms with Gasteiger partial charge in [0.2, 0.25) is 11.8 Å². The Bertz CT molecular complexity index is 1360. The normalized spacial score (nSPS) is 16.2. The van der Waals surface area contributed by atoms with E-state index in [0.717, 1.165) is 11.8 Å². The standard InChI is InChI=1S/C29H28FN3O5S/c1-3-38-28(36)20-8-10-22(11-9-20)32-29-33(17-16-19-6-4-5-7-24(19)30)26(34)18-25(39-29)27(35)31-21-12-14-23(37-2)15-13-21/h4-15,25H,3,16-18H2,1-2H3,(H,31,35)/t25-/m1/s1. The Kier molecular flexibility index (Phi) is 9.32. The summed E-state index contributed by atoms with van der Waals surface area (Å²) < 4.78 is 24.4. The highest BCUT2D eigenvalue weighted by molar-refractivity contribution is 8.15. The monoisotopic (exact) mass is 549 g/mol. The summed E-state index contributed by atoms with van der Waals surface area (Å²) in [6, 6.07) is 19.7. The molecule has 0 unspecified atom stereocenters. The average Bonchev–Trinajstić information content (AvgIpc) is 2.94. The van der Waals surface area contributed by atoms with Crippen LogP contribution >= 0.6 is 11.8 Å². The van der Waals surface area contributed by atoms with Gasteiger partial charge >= 0.3 is 5.97 Å². The molecule has 1 aliphatic rings. The first kappa shape index (κ1) is 27.8. The molecule has 0 saturated carbocycles. The number of thioether (sulfide) groups is 1. The van der Waals surface area contributed by atoms with Crippen LogP contribution in [0.3, 0.4) is 0 Å². The quantitative estimate of drug-likeness (QED) is 0.368. The van der Waals surface area contributed by atoms with E-state index in [1.54, 1.807) is 80.8 Å². The molecule has 1 atom stereocenters. The molecule has 1 aliphatic heterocycles. The molecule has 0 bridgehead atoms. The first-order valence-corrected chi connectivity index (χ1v) is 13.3. The molecule has 3 aromatic carbocycles. The number of methoxy groups -OCH3 is 1. The molecule has 0 aliphatic carbocycles. The zero-order chi connectivity index (χ0) is 27.8. The first-order valence-electron chi connectivity index (χ1n) is 12.4.